The molecule has 2 saturated heterocycles. The second-order valence-corrected chi connectivity index (χ2v) is 13.4. The topological polar surface area (TPSA) is 115 Å². The highest BCUT2D eigenvalue weighted by molar-refractivity contribution is 6.07. The molecule has 4 aliphatic carbocycles. The van der Waals surface area contributed by atoms with Gasteiger partial charge in [0.25, 0.3) is 0 Å². The maximum Gasteiger partial charge on any atom is 0.309 e. The number of nitrogens with zero attached hydrogens (tertiary/aromatic N) is 2. The maximum absolute atomic E-state index is 13.1. The van der Waals surface area contributed by atoms with Crippen LogP contribution in [-0.2, 0) is 19.2 Å². The number of carboxylic acid groups (broad SMARTS) is 2. The zero-order valence-electron chi connectivity index (χ0n) is 22.6. The fraction of sp³-hybridized carbons (Fsp3) is 0.867. The third kappa shape index (κ3) is 4.07. The molecule has 2 aliphatic heterocycles. The van der Waals surface area contributed by atoms with E-state index in [9.17, 15) is 29.4 Å². The number of carbonyl (C=O) groups excluding carboxylic acids is 2. The van der Waals surface area contributed by atoms with E-state index in [1.54, 1.807) is 9.80 Å². The molecule has 2 spiro atoms. The fourth-order valence-corrected chi connectivity index (χ4v) is 9.67. The van der Waals surface area contributed by atoms with Gasteiger partial charge in [-0.1, -0.05) is 64.2 Å². The lowest BCUT2D eigenvalue weighted by atomic mass is 9.66. The lowest BCUT2D eigenvalue weighted by Crippen LogP contribution is -2.44. The zero-order chi connectivity index (χ0) is 26.7. The van der Waals surface area contributed by atoms with E-state index in [1.807, 2.05) is 0 Å². The Labute approximate surface area is 225 Å². The summed E-state index contributed by atoms with van der Waals surface area (Å²) in [6, 6.07) is 0. The van der Waals surface area contributed by atoms with Crippen LogP contribution in [-0.4, -0.2) is 67.9 Å². The first-order valence-corrected chi connectivity index (χ1v) is 15.4. The molecule has 4 saturated carbocycles. The van der Waals surface area contributed by atoms with Crippen LogP contribution in [0.2, 0.25) is 0 Å². The molecule has 6 rings (SSSR count). The number of carboxylic acids is 2. The molecule has 210 valence electrons. The molecular weight excluding hydrogens is 484 g/mol. The second kappa shape index (κ2) is 9.81. The van der Waals surface area contributed by atoms with Crippen LogP contribution in [0.15, 0.2) is 0 Å². The molecule has 6 atom stereocenters. The number of hydrogen-bond donors (Lipinski definition) is 2. The molecule has 2 heterocycles. The Kier molecular flexibility index (Phi) is 6.74. The quantitative estimate of drug-likeness (QED) is 0.476. The van der Waals surface area contributed by atoms with Gasteiger partial charge >= 0.3 is 11.9 Å². The Morgan fingerprint density at radius 2 is 0.974 bits per heavy atom. The van der Waals surface area contributed by atoms with Crippen molar-refractivity contribution < 1.29 is 29.4 Å². The third-order valence-electron chi connectivity index (χ3n) is 11.9. The minimum Gasteiger partial charge on any atom is -0.481 e. The SMILES string of the molecule is O=C(O)C1CC(C2CCCCC2)CCC12C(=O)N2CCN1C(=O)C12CCC(C1CCCCC1)CC2C(=O)O. The van der Waals surface area contributed by atoms with Gasteiger partial charge in [0, 0.05) is 13.1 Å². The van der Waals surface area contributed by atoms with Crippen molar-refractivity contribution in [1.29, 1.82) is 0 Å². The van der Waals surface area contributed by atoms with Gasteiger partial charge in [-0.15, -0.1) is 0 Å². The van der Waals surface area contributed by atoms with Crippen molar-refractivity contribution in [3.8, 4) is 0 Å². The Balaban J connectivity index is 1.09. The minimum atomic E-state index is -0.923. The molecule has 0 aromatic heterocycles. The van der Waals surface area contributed by atoms with Crippen molar-refractivity contribution in [2.24, 2.45) is 35.5 Å². The molecule has 6 unspecified atom stereocenters. The number of carbonyl (C=O) groups is 4. The average Bonchev–Trinajstić information content (AvgIpc) is 3.71. The first-order valence-electron chi connectivity index (χ1n) is 15.4. The van der Waals surface area contributed by atoms with E-state index in [1.165, 1.54) is 64.2 Å². The molecule has 38 heavy (non-hydrogen) atoms. The summed E-state index contributed by atoms with van der Waals surface area (Å²) < 4.78 is 0. The summed E-state index contributed by atoms with van der Waals surface area (Å²) in [7, 11) is 0. The van der Waals surface area contributed by atoms with E-state index in [-0.39, 0.29) is 11.8 Å². The summed E-state index contributed by atoms with van der Waals surface area (Å²) in [4.78, 5) is 54.4. The maximum atomic E-state index is 13.1. The summed E-state index contributed by atoms with van der Waals surface area (Å²) >= 11 is 0. The van der Waals surface area contributed by atoms with Gasteiger partial charge in [0.2, 0.25) is 11.8 Å². The molecule has 0 aromatic rings. The standard InChI is InChI=1S/C30H44N2O6/c33-25(34)23-17-21(19-7-3-1-4-8-19)11-13-29(23)27(37)31(29)15-16-32-28(38)30(32)14-12-22(18-24(30)26(35)36)20-9-5-2-6-10-20/h19-24H,1-18H2,(H,33,34)(H,35,36). The van der Waals surface area contributed by atoms with Crippen LogP contribution in [0.3, 0.4) is 0 Å². The van der Waals surface area contributed by atoms with Crippen LogP contribution in [0.25, 0.3) is 0 Å². The summed E-state index contributed by atoms with van der Waals surface area (Å²) in [5.41, 5.74) is -1.85. The largest absolute Gasteiger partial charge is 0.481 e. The first-order chi connectivity index (χ1) is 18.3. The molecule has 0 aromatic carbocycles. The average molecular weight is 529 g/mol. The molecule has 2 N–H and O–H groups in total. The van der Waals surface area contributed by atoms with Crippen LogP contribution in [0, 0.1) is 35.5 Å². The van der Waals surface area contributed by atoms with Gasteiger partial charge in [-0.2, -0.15) is 0 Å². The normalized spacial score (nSPS) is 40.1. The van der Waals surface area contributed by atoms with Crippen LogP contribution in [0.1, 0.15) is 103 Å². The van der Waals surface area contributed by atoms with E-state index in [0.717, 1.165) is 12.8 Å². The molecule has 0 bridgehead atoms. The highest BCUT2D eigenvalue weighted by atomic mass is 16.4. The highest BCUT2D eigenvalue weighted by Gasteiger charge is 2.72. The Bertz CT molecular complexity index is 909. The lowest BCUT2D eigenvalue weighted by Gasteiger charge is -2.39. The van der Waals surface area contributed by atoms with Gasteiger partial charge in [-0.3, -0.25) is 19.2 Å². The number of amides is 2. The van der Waals surface area contributed by atoms with Crippen molar-refractivity contribution in [3.05, 3.63) is 0 Å². The predicted octanol–water partition coefficient (Wildman–Crippen LogP) is 4.31. The monoisotopic (exact) mass is 528 g/mol. The highest BCUT2D eigenvalue weighted by Crippen LogP contribution is 2.56. The van der Waals surface area contributed by atoms with E-state index in [4.69, 9.17) is 0 Å². The molecule has 0 radical (unpaired) electrons. The van der Waals surface area contributed by atoms with Crippen LogP contribution in [0.5, 0.6) is 0 Å². The first kappa shape index (κ1) is 26.1. The smallest absolute Gasteiger partial charge is 0.309 e. The Morgan fingerprint density at radius 3 is 1.32 bits per heavy atom. The Hall–Kier alpha value is -2.12. The molecule has 8 nitrogen and oxygen atoms in total. The van der Waals surface area contributed by atoms with Gasteiger partial charge in [0.15, 0.2) is 0 Å². The van der Waals surface area contributed by atoms with Crippen molar-refractivity contribution in [2.75, 3.05) is 13.1 Å². The summed E-state index contributed by atoms with van der Waals surface area (Å²) in [6.07, 6.45) is 16.2. The second-order valence-electron chi connectivity index (χ2n) is 13.4. The lowest BCUT2D eigenvalue weighted by molar-refractivity contribution is -0.147. The van der Waals surface area contributed by atoms with Crippen LogP contribution < -0.4 is 0 Å². The van der Waals surface area contributed by atoms with Crippen LogP contribution >= 0.6 is 0 Å². The zero-order valence-corrected chi connectivity index (χ0v) is 22.6. The van der Waals surface area contributed by atoms with E-state index in [0.29, 0.717) is 62.4 Å². The molecular formula is C30H44N2O6. The minimum absolute atomic E-state index is 0.0915. The van der Waals surface area contributed by atoms with Gasteiger partial charge < -0.3 is 20.0 Å². The third-order valence-corrected chi connectivity index (χ3v) is 11.9. The van der Waals surface area contributed by atoms with Gasteiger partial charge in [-0.05, 0) is 62.2 Å². The molecule has 6 fully saturated rings. The molecule has 6 aliphatic rings. The predicted molar refractivity (Wildman–Crippen MR) is 139 cm³/mol. The van der Waals surface area contributed by atoms with Crippen molar-refractivity contribution >= 4 is 23.8 Å². The summed E-state index contributed by atoms with van der Waals surface area (Å²) in [6.45, 7) is 0.616. The number of aliphatic carboxylic acids is 2. The number of hydrogen-bond acceptors (Lipinski definition) is 4. The summed E-state index contributed by atoms with van der Waals surface area (Å²) in [5.74, 6) is -1.40. The Morgan fingerprint density at radius 1 is 0.605 bits per heavy atom. The van der Waals surface area contributed by atoms with Crippen molar-refractivity contribution in [2.45, 2.75) is 114 Å². The van der Waals surface area contributed by atoms with Crippen molar-refractivity contribution in [1.82, 2.24) is 9.80 Å². The van der Waals surface area contributed by atoms with Gasteiger partial charge in [-0.25, -0.2) is 0 Å². The molecule has 2 amide bonds. The van der Waals surface area contributed by atoms with Crippen molar-refractivity contribution in [3.63, 3.8) is 0 Å². The fourth-order valence-electron chi connectivity index (χ4n) is 9.67. The number of rotatable bonds is 7. The van der Waals surface area contributed by atoms with Gasteiger partial charge in [0.1, 0.15) is 11.1 Å². The van der Waals surface area contributed by atoms with Crippen LogP contribution in [0.4, 0.5) is 0 Å². The van der Waals surface area contributed by atoms with E-state index in [2.05, 4.69) is 0 Å². The van der Waals surface area contributed by atoms with Gasteiger partial charge in [0.05, 0.1) is 11.8 Å². The summed E-state index contributed by atoms with van der Waals surface area (Å²) in [5, 5.41) is 20.2. The van der Waals surface area contributed by atoms with E-state index < -0.39 is 34.9 Å². The molecule has 8 heteroatoms. The van der Waals surface area contributed by atoms with E-state index >= 15 is 0 Å².